The van der Waals surface area contributed by atoms with Gasteiger partial charge in [-0.25, -0.2) is 4.90 Å². The molecule has 0 saturated carbocycles. The zero-order valence-corrected chi connectivity index (χ0v) is 8.58. The number of hydrogen-bond donors (Lipinski definition) is 1. The summed E-state index contributed by atoms with van der Waals surface area (Å²) in [6, 6.07) is 6.04. The largest absolute Gasteiger partial charge is 0.399 e. The average molecular weight is 229 g/mol. The van der Waals surface area contributed by atoms with E-state index in [2.05, 4.69) is 9.68 Å². The Morgan fingerprint density at radius 1 is 1.12 bits per heavy atom. The molecule has 0 atom stereocenters. The van der Waals surface area contributed by atoms with E-state index >= 15 is 0 Å². The average Bonchev–Trinajstić information content (AvgIpc) is 2.88. The first-order chi connectivity index (χ1) is 8.18. The summed E-state index contributed by atoms with van der Waals surface area (Å²) in [6.45, 7) is 0. The van der Waals surface area contributed by atoms with Gasteiger partial charge in [-0.3, -0.25) is 9.59 Å². The highest BCUT2D eigenvalue weighted by molar-refractivity contribution is 6.34. The Morgan fingerprint density at radius 2 is 1.88 bits per heavy atom. The van der Waals surface area contributed by atoms with E-state index < -0.39 is 11.8 Å². The fourth-order valence-electron chi connectivity index (χ4n) is 1.79. The standard InChI is InChI=1S/C11H7N3O3/c12-6-1-2-7-8(5-6)11(16)14(10(7)15)9-3-4-17-13-9/h1-5H,12H2. The third kappa shape index (κ3) is 1.24. The van der Waals surface area contributed by atoms with Crippen molar-refractivity contribution in [1.82, 2.24) is 5.16 Å². The molecule has 6 nitrogen and oxygen atoms in total. The van der Waals surface area contributed by atoms with Crippen molar-refractivity contribution in [3.63, 3.8) is 0 Å². The Kier molecular flexibility index (Phi) is 1.79. The van der Waals surface area contributed by atoms with Crippen LogP contribution < -0.4 is 10.6 Å². The van der Waals surface area contributed by atoms with Gasteiger partial charge in [-0.2, -0.15) is 0 Å². The van der Waals surface area contributed by atoms with Crippen LogP contribution in [0, 0.1) is 0 Å². The number of rotatable bonds is 1. The maximum absolute atomic E-state index is 12.0. The molecule has 84 valence electrons. The second-order valence-electron chi connectivity index (χ2n) is 3.61. The van der Waals surface area contributed by atoms with E-state index in [9.17, 15) is 9.59 Å². The van der Waals surface area contributed by atoms with Crippen LogP contribution >= 0.6 is 0 Å². The van der Waals surface area contributed by atoms with Crippen molar-refractivity contribution in [2.24, 2.45) is 0 Å². The van der Waals surface area contributed by atoms with Crippen LogP contribution in [-0.4, -0.2) is 17.0 Å². The van der Waals surface area contributed by atoms with E-state index in [1.54, 1.807) is 6.07 Å². The molecule has 0 bridgehead atoms. The maximum atomic E-state index is 12.0. The van der Waals surface area contributed by atoms with Crippen LogP contribution in [0.25, 0.3) is 0 Å². The number of nitrogens with zero attached hydrogens (tertiary/aromatic N) is 2. The number of carbonyl (C=O) groups excluding carboxylic acids is 2. The fourth-order valence-corrected chi connectivity index (χ4v) is 1.79. The molecule has 2 heterocycles. The minimum Gasteiger partial charge on any atom is -0.399 e. The molecule has 1 aliphatic heterocycles. The van der Waals surface area contributed by atoms with Gasteiger partial charge in [0.05, 0.1) is 11.1 Å². The number of amides is 2. The second-order valence-corrected chi connectivity index (χ2v) is 3.61. The molecule has 0 aliphatic carbocycles. The van der Waals surface area contributed by atoms with Crippen molar-refractivity contribution in [1.29, 1.82) is 0 Å². The predicted octanol–water partition coefficient (Wildman–Crippen LogP) is 1.06. The quantitative estimate of drug-likeness (QED) is 0.583. The first-order valence-corrected chi connectivity index (χ1v) is 4.87. The van der Waals surface area contributed by atoms with Crippen molar-refractivity contribution < 1.29 is 14.1 Å². The van der Waals surface area contributed by atoms with Gasteiger partial charge in [-0.15, -0.1) is 0 Å². The predicted molar refractivity (Wildman–Crippen MR) is 58.5 cm³/mol. The van der Waals surface area contributed by atoms with Crippen molar-refractivity contribution in [3.8, 4) is 0 Å². The van der Waals surface area contributed by atoms with E-state index in [1.165, 1.54) is 24.5 Å². The molecule has 1 aromatic carbocycles. The lowest BCUT2D eigenvalue weighted by Gasteiger charge is -2.07. The van der Waals surface area contributed by atoms with Gasteiger partial charge in [0.25, 0.3) is 11.8 Å². The number of anilines is 2. The van der Waals surface area contributed by atoms with Crippen molar-refractivity contribution in [3.05, 3.63) is 41.7 Å². The molecular weight excluding hydrogens is 222 g/mol. The second kappa shape index (κ2) is 3.18. The topological polar surface area (TPSA) is 89.4 Å². The molecule has 1 aliphatic rings. The molecule has 0 unspecified atom stereocenters. The van der Waals surface area contributed by atoms with Crippen LogP contribution in [0.15, 0.2) is 35.1 Å². The molecule has 17 heavy (non-hydrogen) atoms. The molecule has 0 spiro atoms. The molecular formula is C11H7N3O3. The normalized spacial score (nSPS) is 14.2. The number of benzene rings is 1. The lowest BCUT2D eigenvalue weighted by atomic mass is 10.1. The molecule has 0 saturated heterocycles. The molecule has 6 heteroatoms. The minimum atomic E-state index is -0.439. The number of hydrogen-bond acceptors (Lipinski definition) is 5. The Balaban J connectivity index is 2.15. The smallest absolute Gasteiger partial charge is 0.267 e. The van der Waals surface area contributed by atoms with Gasteiger partial charge in [0.1, 0.15) is 6.26 Å². The summed E-state index contributed by atoms with van der Waals surface area (Å²) in [6.07, 6.45) is 1.30. The highest BCUT2D eigenvalue weighted by Crippen LogP contribution is 2.28. The summed E-state index contributed by atoms with van der Waals surface area (Å²) in [5.74, 6) is -0.681. The Labute approximate surface area is 95.6 Å². The zero-order chi connectivity index (χ0) is 12.0. The van der Waals surface area contributed by atoms with Gasteiger partial charge in [0.15, 0.2) is 5.82 Å². The highest BCUT2D eigenvalue weighted by atomic mass is 16.5. The summed E-state index contributed by atoms with van der Waals surface area (Å²) >= 11 is 0. The number of fused-ring (bicyclic) bond motifs is 1. The minimum absolute atomic E-state index is 0.176. The van der Waals surface area contributed by atoms with Crippen LogP contribution in [-0.2, 0) is 0 Å². The Hall–Kier alpha value is -2.63. The van der Waals surface area contributed by atoms with Gasteiger partial charge in [-0.1, -0.05) is 5.16 Å². The molecule has 3 rings (SSSR count). The molecule has 2 N–H and O–H groups in total. The SMILES string of the molecule is Nc1ccc2c(c1)C(=O)N(c1ccon1)C2=O. The fraction of sp³-hybridized carbons (Fsp3) is 0. The number of nitrogens with two attached hydrogens (primary N) is 1. The Bertz CT molecular complexity index is 619. The van der Waals surface area contributed by atoms with E-state index in [0.717, 1.165) is 4.90 Å². The summed E-state index contributed by atoms with van der Waals surface area (Å²) in [7, 11) is 0. The Morgan fingerprint density at radius 3 is 2.59 bits per heavy atom. The van der Waals surface area contributed by atoms with Crippen LogP contribution in [0.2, 0.25) is 0 Å². The number of nitrogen functional groups attached to an aromatic ring is 1. The highest BCUT2D eigenvalue weighted by Gasteiger charge is 2.37. The lowest BCUT2D eigenvalue weighted by Crippen LogP contribution is -2.29. The van der Waals surface area contributed by atoms with Gasteiger partial charge >= 0.3 is 0 Å². The number of aromatic nitrogens is 1. The number of imide groups is 1. The lowest BCUT2D eigenvalue weighted by molar-refractivity contribution is 0.0924. The summed E-state index contributed by atoms with van der Waals surface area (Å²) in [5.41, 5.74) is 6.64. The molecule has 2 amide bonds. The molecule has 0 radical (unpaired) electrons. The van der Waals surface area contributed by atoms with Gasteiger partial charge in [0, 0.05) is 11.8 Å². The van der Waals surface area contributed by atoms with Crippen molar-refractivity contribution in [2.75, 3.05) is 10.6 Å². The first-order valence-electron chi connectivity index (χ1n) is 4.87. The molecule has 1 aromatic heterocycles. The third-order valence-corrected chi connectivity index (χ3v) is 2.56. The van der Waals surface area contributed by atoms with Crippen LogP contribution in [0.1, 0.15) is 20.7 Å². The van der Waals surface area contributed by atoms with E-state index in [-0.39, 0.29) is 11.4 Å². The van der Waals surface area contributed by atoms with Crippen LogP contribution in [0.3, 0.4) is 0 Å². The summed E-state index contributed by atoms with van der Waals surface area (Å²) in [5, 5.41) is 3.58. The van der Waals surface area contributed by atoms with Gasteiger partial charge < -0.3 is 10.3 Å². The van der Waals surface area contributed by atoms with Gasteiger partial charge in [0.2, 0.25) is 0 Å². The zero-order valence-electron chi connectivity index (χ0n) is 8.58. The monoisotopic (exact) mass is 229 g/mol. The van der Waals surface area contributed by atoms with Gasteiger partial charge in [-0.05, 0) is 18.2 Å². The van der Waals surface area contributed by atoms with E-state index in [0.29, 0.717) is 11.3 Å². The van der Waals surface area contributed by atoms with Crippen molar-refractivity contribution in [2.45, 2.75) is 0 Å². The molecule has 2 aromatic rings. The number of carbonyl (C=O) groups is 2. The summed E-state index contributed by atoms with van der Waals surface area (Å²) < 4.78 is 4.63. The van der Waals surface area contributed by atoms with Crippen LogP contribution in [0.4, 0.5) is 11.5 Å². The van der Waals surface area contributed by atoms with E-state index in [4.69, 9.17) is 5.73 Å². The maximum Gasteiger partial charge on any atom is 0.267 e. The van der Waals surface area contributed by atoms with Crippen LogP contribution in [0.5, 0.6) is 0 Å². The van der Waals surface area contributed by atoms with Crippen molar-refractivity contribution >= 4 is 23.3 Å². The molecule has 0 fully saturated rings. The summed E-state index contributed by atoms with van der Waals surface area (Å²) in [4.78, 5) is 25.0. The van der Waals surface area contributed by atoms with E-state index in [1.807, 2.05) is 0 Å². The first kappa shape index (κ1) is 9.59. The third-order valence-electron chi connectivity index (χ3n) is 2.56.